The number of nitrogens with one attached hydrogen (secondary N) is 2. The van der Waals surface area contributed by atoms with Crippen LogP contribution < -0.4 is 15.4 Å². The largest absolute Gasteiger partial charge is 0.496 e. The van der Waals surface area contributed by atoms with Crippen LogP contribution in [0.5, 0.6) is 5.75 Å². The highest BCUT2D eigenvalue weighted by Crippen LogP contribution is 2.18. The second-order valence-electron chi connectivity index (χ2n) is 5.70. The number of pyridine rings is 1. The predicted molar refractivity (Wildman–Crippen MR) is 98.6 cm³/mol. The lowest BCUT2D eigenvalue weighted by Gasteiger charge is -2.10. The first kappa shape index (κ1) is 17.5. The van der Waals surface area contributed by atoms with Gasteiger partial charge in [0, 0.05) is 24.5 Å². The van der Waals surface area contributed by atoms with Crippen LogP contribution in [-0.4, -0.2) is 29.7 Å². The molecule has 0 radical (unpaired) electrons. The van der Waals surface area contributed by atoms with Gasteiger partial charge in [-0.15, -0.1) is 0 Å². The van der Waals surface area contributed by atoms with E-state index in [1.807, 2.05) is 30.3 Å². The fourth-order valence-corrected chi connectivity index (χ4v) is 2.52. The van der Waals surface area contributed by atoms with E-state index in [1.165, 1.54) is 0 Å². The first-order chi connectivity index (χ1) is 12.7. The Labute approximate surface area is 151 Å². The Morgan fingerprint density at radius 1 is 1.23 bits per heavy atom. The molecular weight excluding hydrogens is 332 g/mol. The summed E-state index contributed by atoms with van der Waals surface area (Å²) in [4.78, 5) is 16.4. The van der Waals surface area contributed by atoms with Crippen molar-refractivity contribution in [2.45, 2.75) is 13.3 Å². The van der Waals surface area contributed by atoms with Gasteiger partial charge in [-0.3, -0.25) is 9.78 Å². The van der Waals surface area contributed by atoms with Crippen molar-refractivity contribution < 1.29 is 14.1 Å². The summed E-state index contributed by atoms with van der Waals surface area (Å²) in [6.45, 7) is 2.46. The summed E-state index contributed by atoms with van der Waals surface area (Å²) in [5, 5.41) is 9.69. The smallest absolute Gasteiger partial charge is 0.275 e. The molecule has 0 fully saturated rings. The average Bonchev–Trinajstić information content (AvgIpc) is 3.07. The highest BCUT2D eigenvalue weighted by Gasteiger charge is 2.11. The molecule has 0 spiro atoms. The molecule has 3 rings (SSSR count). The van der Waals surface area contributed by atoms with Gasteiger partial charge in [0.25, 0.3) is 5.91 Å². The van der Waals surface area contributed by atoms with Crippen LogP contribution in [0.2, 0.25) is 0 Å². The summed E-state index contributed by atoms with van der Waals surface area (Å²) in [5.41, 5.74) is 2.24. The van der Waals surface area contributed by atoms with Crippen LogP contribution in [-0.2, 0) is 6.42 Å². The van der Waals surface area contributed by atoms with Crippen LogP contribution in [0.4, 0.5) is 11.5 Å². The van der Waals surface area contributed by atoms with E-state index in [1.54, 1.807) is 32.4 Å². The van der Waals surface area contributed by atoms with Crippen LogP contribution >= 0.6 is 0 Å². The molecule has 0 unspecified atom stereocenters. The molecular formula is C19H20N4O3. The minimum Gasteiger partial charge on any atom is -0.496 e. The Balaban J connectivity index is 1.59. The van der Waals surface area contributed by atoms with E-state index in [0.717, 1.165) is 23.4 Å². The van der Waals surface area contributed by atoms with Gasteiger partial charge in [-0.1, -0.05) is 23.4 Å². The standard InChI is InChI=1S/C19H20N4O3/c1-13-11-18(23-26-13)22-19(24)16-12-15(8-10-21-16)20-9-7-14-5-3-4-6-17(14)25-2/h3-6,8,10-12H,7,9H2,1-2H3,(H,20,21)(H,22,23,24). The number of carbonyl (C=O) groups excluding carboxylic acids is 1. The number of carbonyl (C=O) groups is 1. The molecule has 2 aromatic heterocycles. The van der Waals surface area contributed by atoms with Gasteiger partial charge in [0.2, 0.25) is 0 Å². The molecule has 0 aliphatic carbocycles. The first-order valence-corrected chi connectivity index (χ1v) is 8.22. The Kier molecular flexibility index (Phi) is 5.48. The van der Waals surface area contributed by atoms with Gasteiger partial charge in [-0.2, -0.15) is 0 Å². The topological polar surface area (TPSA) is 89.3 Å². The van der Waals surface area contributed by atoms with Crippen molar-refractivity contribution in [3.63, 3.8) is 0 Å². The number of hydrogen-bond donors (Lipinski definition) is 2. The lowest BCUT2D eigenvalue weighted by Crippen LogP contribution is -2.14. The van der Waals surface area contributed by atoms with E-state index in [0.29, 0.717) is 23.8 Å². The maximum Gasteiger partial charge on any atom is 0.275 e. The van der Waals surface area contributed by atoms with Gasteiger partial charge >= 0.3 is 0 Å². The molecule has 7 nitrogen and oxygen atoms in total. The number of anilines is 2. The van der Waals surface area contributed by atoms with Crippen molar-refractivity contribution in [3.8, 4) is 5.75 Å². The summed E-state index contributed by atoms with van der Waals surface area (Å²) in [6, 6.07) is 13.1. The number of ether oxygens (including phenoxy) is 1. The molecule has 0 aliphatic rings. The molecule has 3 aromatic rings. The van der Waals surface area contributed by atoms with Crippen LogP contribution in [0, 0.1) is 6.92 Å². The number of para-hydroxylation sites is 1. The van der Waals surface area contributed by atoms with Crippen LogP contribution in [0.3, 0.4) is 0 Å². The van der Waals surface area contributed by atoms with Gasteiger partial charge in [0.15, 0.2) is 5.82 Å². The molecule has 134 valence electrons. The second-order valence-corrected chi connectivity index (χ2v) is 5.70. The second kappa shape index (κ2) is 8.15. The van der Waals surface area contributed by atoms with Gasteiger partial charge < -0.3 is 19.9 Å². The van der Waals surface area contributed by atoms with Gasteiger partial charge in [-0.25, -0.2) is 0 Å². The number of aryl methyl sites for hydroxylation is 1. The molecule has 0 aliphatic heterocycles. The minimum absolute atomic E-state index is 0.299. The summed E-state index contributed by atoms with van der Waals surface area (Å²) >= 11 is 0. The van der Waals surface area contributed by atoms with E-state index in [-0.39, 0.29) is 5.91 Å². The fourth-order valence-electron chi connectivity index (χ4n) is 2.52. The van der Waals surface area contributed by atoms with Crippen LogP contribution in [0.1, 0.15) is 21.8 Å². The van der Waals surface area contributed by atoms with Crippen LogP contribution in [0.15, 0.2) is 53.2 Å². The molecule has 2 N–H and O–H groups in total. The van der Waals surface area contributed by atoms with Crippen molar-refractivity contribution in [2.75, 3.05) is 24.3 Å². The Hall–Kier alpha value is -3.35. The lowest BCUT2D eigenvalue weighted by atomic mass is 10.1. The van der Waals surface area contributed by atoms with E-state index < -0.39 is 0 Å². The molecule has 26 heavy (non-hydrogen) atoms. The van der Waals surface area contributed by atoms with E-state index in [4.69, 9.17) is 9.26 Å². The van der Waals surface area contributed by atoms with Crippen molar-refractivity contribution in [3.05, 3.63) is 65.7 Å². The summed E-state index contributed by atoms with van der Waals surface area (Å²) < 4.78 is 10.3. The summed E-state index contributed by atoms with van der Waals surface area (Å²) in [5.74, 6) is 1.52. The Morgan fingerprint density at radius 3 is 2.85 bits per heavy atom. The number of nitrogens with zero attached hydrogens (tertiary/aromatic N) is 2. The zero-order chi connectivity index (χ0) is 18.4. The lowest BCUT2D eigenvalue weighted by molar-refractivity contribution is 0.102. The van der Waals surface area contributed by atoms with E-state index >= 15 is 0 Å². The highest BCUT2D eigenvalue weighted by atomic mass is 16.5. The SMILES string of the molecule is COc1ccccc1CCNc1ccnc(C(=O)Nc2cc(C)on2)c1. The van der Waals surface area contributed by atoms with Crippen molar-refractivity contribution in [2.24, 2.45) is 0 Å². The number of hydrogen-bond acceptors (Lipinski definition) is 6. The zero-order valence-electron chi connectivity index (χ0n) is 14.7. The number of amides is 1. The van der Waals surface area contributed by atoms with Gasteiger partial charge in [-0.05, 0) is 37.1 Å². The molecule has 0 saturated carbocycles. The van der Waals surface area contributed by atoms with Gasteiger partial charge in [0.05, 0.1) is 7.11 Å². The normalized spacial score (nSPS) is 10.4. The average molecular weight is 352 g/mol. The van der Waals surface area contributed by atoms with Gasteiger partial charge in [0.1, 0.15) is 17.2 Å². The molecule has 7 heteroatoms. The number of aromatic nitrogens is 2. The fraction of sp³-hybridized carbons (Fsp3) is 0.211. The molecule has 0 saturated heterocycles. The number of methoxy groups -OCH3 is 1. The molecule has 2 heterocycles. The third kappa shape index (κ3) is 4.38. The zero-order valence-corrected chi connectivity index (χ0v) is 14.7. The molecule has 0 atom stereocenters. The van der Waals surface area contributed by atoms with Crippen molar-refractivity contribution in [1.82, 2.24) is 10.1 Å². The Bertz CT molecular complexity index is 892. The molecule has 1 amide bonds. The third-order valence-electron chi connectivity index (χ3n) is 3.78. The monoisotopic (exact) mass is 352 g/mol. The maximum absolute atomic E-state index is 12.3. The third-order valence-corrected chi connectivity index (χ3v) is 3.78. The highest BCUT2D eigenvalue weighted by molar-refractivity contribution is 6.02. The van der Waals surface area contributed by atoms with Crippen molar-refractivity contribution in [1.29, 1.82) is 0 Å². The quantitative estimate of drug-likeness (QED) is 0.678. The molecule has 1 aromatic carbocycles. The predicted octanol–water partition coefficient (Wildman–Crippen LogP) is 3.29. The maximum atomic E-state index is 12.3. The van der Waals surface area contributed by atoms with E-state index in [9.17, 15) is 4.79 Å². The number of rotatable bonds is 7. The van der Waals surface area contributed by atoms with Crippen molar-refractivity contribution >= 4 is 17.4 Å². The number of benzene rings is 1. The Morgan fingerprint density at radius 2 is 2.08 bits per heavy atom. The summed E-state index contributed by atoms with van der Waals surface area (Å²) in [6.07, 6.45) is 2.39. The molecule has 0 bridgehead atoms. The van der Waals surface area contributed by atoms with Crippen LogP contribution in [0.25, 0.3) is 0 Å². The minimum atomic E-state index is -0.341. The summed E-state index contributed by atoms with van der Waals surface area (Å²) in [7, 11) is 1.66. The van der Waals surface area contributed by atoms with E-state index in [2.05, 4.69) is 20.8 Å². The first-order valence-electron chi connectivity index (χ1n) is 8.22.